The highest BCUT2D eigenvalue weighted by Gasteiger charge is 2.47. The van der Waals surface area contributed by atoms with Crippen LogP contribution in [0.3, 0.4) is 0 Å². The van der Waals surface area contributed by atoms with E-state index in [2.05, 4.69) is 4.72 Å². The van der Waals surface area contributed by atoms with Gasteiger partial charge in [-0.3, -0.25) is 0 Å². The SMILES string of the molecule is O=C(O)COc1cccc2c1OC1CCC(NS(=O)(=O)c3ccccc3Cl)C21. The fourth-order valence-electron chi connectivity index (χ4n) is 3.89. The summed E-state index contributed by atoms with van der Waals surface area (Å²) in [5.74, 6) is -0.427. The van der Waals surface area contributed by atoms with Gasteiger partial charge in [0.05, 0.1) is 5.02 Å². The van der Waals surface area contributed by atoms with Crippen LogP contribution in [0.5, 0.6) is 11.5 Å². The van der Waals surface area contributed by atoms with Crippen LogP contribution in [-0.2, 0) is 14.8 Å². The monoisotopic (exact) mass is 423 g/mol. The van der Waals surface area contributed by atoms with Crippen LogP contribution in [0.1, 0.15) is 24.3 Å². The number of carbonyl (C=O) groups is 1. The van der Waals surface area contributed by atoms with E-state index in [4.69, 9.17) is 26.2 Å². The number of nitrogens with one attached hydrogen (secondary N) is 1. The molecule has 7 nitrogen and oxygen atoms in total. The molecule has 3 atom stereocenters. The lowest BCUT2D eigenvalue weighted by Gasteiger charge is -2.20. The minimum atomic E-state index is -3.79. The Morgan fingerprint density at radius 1 is 1.21 bits per heavy atom. The number of rotatable bonds is 6. The van der Waals surface area contributed by atoms with Gasteiger partial charge in [0.25, 0.3) is 0 Å². The number of aliphatic carboxylic acids is 1. The molecule has 28 heavy (non-hydrogen) atoms. The first-order valence-electron chi connectivity index (χ1n) is 8.78. The van der Waals surface area contributed by atoms with E-state index in [1.54, 1.807) is 24.3 Å². The summed E-state index contributed by atoms with van der Waals surface area (Å²) in [6.45, 7) is -0.474. The Hall–Kier alpha value is -2.29. The Labute approximate surface area is 167 Å². The highest BCUT2D eigenvalue weighted by atomic mass is 35.5. The predicted octanol–water partition coefficient (Wildman–Crippen LogP) is 2.79. The predicted molar refractivity (Wildman–Crippen MR) is 102 cm³/mol. The summed E-state index contributed by atoms with van der Waals surface area (Å²) in [7, 11) is -3.79. The fraction of sp³-hybridized carbons (Fsp3) is 0.316. The number of halogens is 1. The van der Waals surface area contributed by atoms with Gasteiger partial charge in [0.1, 0.15) is 11.0 Å². The van der Waals surface area contributed by atoms with Gasteiger partial charge in [0, 0.05) is 17.5 Å². The number of hydrogen-bond donors (Lipinski definition) is 2. The van der Waals surface area contributed by atoms with E-state index in [1.807, 2.05) is 6.07 Å². The summed E-state index contributed by atoms with van der Waals surface area (Å²) in [5, 5.41) is 9.00. The molecule has 0 aromatic heterocycles. The minimum Gasteiger partial charge on any atom is -0.486 e. The molecule has 1 aliphatic heterocycles. The average molecular weight is 424 g/mol. The van der Waals surface area contributed by atoms with Crippen molar-refractivity contribution in [1.29, 1.82) is 0 Å². The first-order chi connectivity index (χ1) is 13.4. The number of para-hydroxylation sites is 1. The van der Waals surface area contributed by atoms with Crippen molar-refractivity contribution in [2.45, 2.75) is 35.8 Å². The molecular formula is C19H18ClNO6S. The molecule has 0 spiro atoms. The molecule has 0 bridgehead atoms. The van der Waals surface area contributed by atoms with Gasteiger partial charge in [-0.2, -0.15) is 0 Å². The van der Waals surface area contributed by atoms with Gasteiger partial charge < -0.3 is 14.6 Å². The summed E-state index contributed by atoms with van der Waals surface area (Å²) >= 11 is 6.06. The van der Waals surface area contributed by atoms with Gasteiger partial charge in [-0.1, -0.05) is 35.9 Å². The zero-order valence-corrected chi connectivity index (χ0v) is 16.2. The molecule has 3 unspecified atom stereocenters. The van der Waals surface area contributed by atoms with Gasteiger partial charge in [0.2, 0.25) is 10.0 Å². The zero-order chi connectivity index (χ0) is 19.9. The van der Waals surface area contributed by atoms with Gasteiger partial charge >= 0.3 is 5.97 Å². The second-order valence-corrected chi connectivity index (χ2v) is 8.86. The molecule has 148 valence electrons. The number of benzene rings is 2. The van der Waals surface area contributed by atoms with Crippen LogP contribution < -0.4 is 14.2 Å². The van der Waals surface area contributed by atoms with Crippen molar-refractivity contribution in [3.8, 4) is 11.5 Å². The van der Waals surface area contributed by atoms with E-state index >= 15 is 0 Å². The van der Waals surface area contributed by atoms with Crippen LogP contribution in [0.15, 0.2) is 47.4 Å². The third-order valence-electron chi connectivity index (χ3n) is 5.02. The van der Waals surface area contributed by atoms with Crippen molar-refractivity contribution in [2.24, 2.45) is 0 Å². The van der Waals surface area contributed by atoms with E-state index in [9.17, 15) is 13.2 Å². The van der Waals surface area contributed by atoms with Crippen molar-refractivity contribution < 1.29 is 27.8 Å². The molecule has 2 N–H and O–H groups in total. The van der Waals surface area contributed by atoms with Crippen LogP contribution in [0.2, 0.25) is 5.02 Å². The molecule has 1 fully saturated rings. The van der Waals surface area contributed by atoms with Gasteiger partial charge in [-0.05, 0) is 31.0 Å². The number of hydrogen-bond acceptors (Lipinski definition) is 5. The lowest BCUT2D eigenvalue weighted by atomic mass is 9.94. The molecule has 9 heteroatoms. The molecule has 4 rings (SSSR count). The van der Waals surface area contributed by atoms with Crippen molar-refractivity contribution in [2.75, 3.05) is 6.61 Å². The molecule has 1 saturated carbocycles. The smallest absolute Gasteiger partial charge is 0.341 e. The Balaban J connectivity index is 1.60. The molecule has 0 amide bonds. The summed E-state index contributed by atoms with van der Waals surface area (Å²) in [6, 6.07) is 11.2. The molecule has 0 radical (unpaired) electrons. The van der Waals surface area contributed by atoms with Crippen molar-refractivity contribution in [3.05, 3.63) is 53.1 Å². The number of ether oxygens (including phenoxy) is 2. The third kappa shape index (κ3) is 3.43. The second kappa shape index (κ2) is 7.27. The molecule has 0 saturated heterocycles. The maximum atomic E-state index is 12.8. The van der Waals surface area contributed by atoms with E-state index < -0.39 is 22.6 Å². The van der Waals surface area contributed by atoms with Gasteiger partial charge in [-0.25, -0.2) is 17.9 Å². The average Bonchev–Trinajstić information content (AvgIpc) is 3.20. The van der Waals surface area contributed by atoms with Crippen molar-refractivity contribution >= 4 is 27.6 Å². The molecule has 2 aromatic rings. The quantitative estimate of drug-likeness (QED) is 0.740. The third-order valence-corrected chi connectivity index (χ3v) is 7.01. The van der Waals surface area contributed by atoms with E-state index in [0.717, 1.165) is 5.56 Å². The number of carboxylic acid groups (broad SMARTS) is 1. The second-order valence-electron chi connectivity index (χ2n) is 6.77. The van der Waals surface area contributed by atoms with Crippen LogP contribution in [-0.4, -0.2) is 38.2 Å². The molecule has 2 aromatic carbocycles. The molecular weight excluding hydrogens is 406 g/mol. The van der Waals surface area contributed by atoms with Crippen LogP contribution in [0.25, 0.3) is 0 Å². The van der Waals surface area contributed by atoms with Crippen LogP contribution >= 0.6 is 11.6 Å². The van der Waals surface area contributed by atoms with Crippen LogP contribution in [0, 0.1) is 0 Å². The largest absolute Gasteiger partial charge is 0.486 e. The maximum absolute atomic E-state index is 12.8. The van der Waals surface area contributed by atoms with E-state index in [1.165, 1.54) is 12.1 Å². The Kier molecular flexibility index (Phi) is 4.95. The lowest BCUT2D eigenvalue weighted by Crippen LogP contribution is -2.37. The Bertz CT molecular complexity index is 1020. The minimum absolute atomic E-state index is 0.0396. The van der Waals surface area contributed by atoms with Gasteiger partial charge in [-0.15, -0.1) is 0 Å². The van der Waals surface area contributed by atoms with Crippen molar-refractivity contribution in [3.63, 3.8) is 0 Å². The topological polar surface area (TPSA) is 102 Å². The van der Waals surface area contributed by atoms with E-state index in [0.29, 0.717) is 24.3 Å². The zero-order valence-electron chi connectivity index (χ0n) is 14.7. The summed E-state index contributed by atoms with van der Waals surface area (Å²) in [5.41, 5.74) is 0.817. The fourth-order valence-corrected chi connectivity index (χ4v) is 5.71. The molecule has 2 aliphatic rings. The number of carboxylic acids is 1. The first kappa shape index (κ1) is 19.0. The maximum Gasteiger partial charge on any atom is 0.341 e. The molecule has 1 heterocycles. The van der Waals surface area contributed by atoms with Crippen molar-refractivity contribution in [1.82, 2.24) is 4.72 Å². The summed E-state index contributed by atoms with van der Waals surface area (Å²) in [6.07, 6.45) is 1.11. The Morgan fingerprint density at radius 2 is 2.00 bits per heavy atom. The lowest BCUT2D eigenvalue weighted by molar-refractivity contribution is -0.139. The molecule has 1 aliphatic carbocycles. The highest BCUT2D eigenvalue weighted by molar-refractivity contribution is 7.89. The number of sulfonamides is 1. The normalized spacial score (nSPS) is 23.0. The Morgan fingerprint density at radius 3 is 2.75 bits per heavy atom. The number of fused-ring (bicyclic) bond motifs is 3. The van der Waals surface area contributed by atoms with Gasteiger partial charge in [0.15, 0.2) is 18.1 Å². The summed E-state index contributed by atoms with van der Waals surface area (Å²) in [4.78, 5) is 10.8. The first-order valence-corrected chi connectivity index (χ1v) is 10.6. The van der Waals surface area contributed by atoms with E-state index in [-0.39, 0.29) is 28.0 Å². The highest BCUT2D eigenvalue weighted by Crippen LogP contribution is 2.51. The van der Waals surface area contributed by atoms with Crippen LogP contribution in [0.4, 0.5) is 0 Å². The standard InChI is InChI=1S/C19H18ClNO6S/c20-12-5-1-2-7-16(12)28(24,25)21-13-8-9-14-18(13)11-4-3-6-15(19(11)27-14)26-10-17(22)23/h1-7,13-14,18,21H,8-10H2,(H,22,23). The summed E-state index contributed by atoms with van der Waals surface area (Å²) < 4.78 is 39.7.